The van der Waals surface area contributed by atoms with E-state index in [-0.39, 0.29) is 0 Å². The van der Waals surface area contributed by atoms with Crippen LogP contribution in [0.5, 0.6) is 0 Å². The third-order valence-corrected chi connectivity index (χ3v) is 4.68. The predicted molar refractivity (Wildman–Crippen MR) is 69.7 cm³/mol. The van der Waals surface area contributed by atoms with Crippen LogP contribution in [0.1, 0.15) is 51.9 Å². The van der Waals surface area contributed by atoms with E-state index in [1.807, 2.05) is 0 Å². The highest BCUT2D eigenvalue weighted by Gasteiger charge is 2.45. The van der Waals surface area contributed by atoms with Crippen molar-refractivity contribution >= 4 is 0 Å². The predicted octanol–water partition coefficient (Wildman–Crippen LogP) is 2.29. The summed E-state index contributed by atoms with van der Waals surface area (Å²) in [5.74, 6) is 0. The molecule has 2 unspecified atom stereocenters. The Morgan fingerprint density at radius 2 is 2.18 bits per heavy atom. The van der Waals surface area contributed by atoms with Gasteiger partial charge in [0.25, 0.3) is 0 Å². The smallest absolute Gasteiger partial charge is 0.0621 e. The van der Waals surface area contributed by atoms with Crippen molar-refractivity contribution in [2.24, 2.45) is 0 Å². The van der Waals surface area contributed by atoms with Crippen LogP contribution in [0.25, 0.3) is 0 Å². The summed E-state index contributed by atoms with van der Waals surface area (Å²) in [5, 5.41) is 12.2. The number of unbranched alkanes of at least 4 members (excludes halogenated alkanes) is 2. The number of nitriles is 1. The summed E-state index contributed by atoms with van der Waals surface area (Å²) in [6.07, 6.45) is 8.35. The molecule has 0 aromatic carbocycles. The molecule has 1 N–H and O–H groups in total. The van der Waals surface area contributed by atoms with Gasteiger partial charge in [0.05, 0.1) is 6.07 Å². The van der Waals surface area contributed by atoms with E-state index in [2.05, 4.69) is 23.2 Å². The van der Waals surface area contributed by atoms with Gasteiger partial charge in [-0.3, -0.25) is 4.90 Å². The van der Waals surface area contributed by atoms with Crippen LogP contribution in [0, 0.1) is 11.3 Å². The first-order chi connectivity index (χ1) is 8.29. The molecule has 0 aliphatic carbocycles. The van der Waals surface area contributed by atoms with Gasteiger partial charge in [-0.25, -0.2) is 0 Å². The number of nitrogens with one attached hydrogen (secondary N) is 1. The second-order valence-corrected chi connectivity index (χ2v) is 5.59. The van der Waals surface area contributed by atoms with E-state index < -0.39 is 0 Å². The van der Waals surface area contributed by atoms with E-state index in [1.54, 1.807) is 0 Å². The third kappa shape index (κ3) is 2.64. The zero-order valence-corrected chi connectivity index (χ0v) is 11.0. The van der Waals surface area contributed by atoms with Gasteiger partial charge in [-0.1, -0.05) is 0 Å². The van der Waals surface area contributed by atoms with Crippen LogP contribution in [-0.4, -0.2) is 36.1 Å². The highest BCUT2D eigenvalue weighted by molar-refractivity contribution is 5.04. The van der Waals surface area contributed by atoms with E-state index in [0.29, 0.717) is 18.0 Å². The van der Waals surface area contributed by atoms with Gasteiger partial charge < -0.3 is 5.32 Å². The third-order valence-electron chi connectivity index (χ3n) is 4.68. The molecule has 2 rings (SSSR count). The second kappa shape index (κ2) is 5.84. The first-order valence-corrected chi connectivity index (χ1v) is 7.15. The molecule has 2 aliphatic rings. The monoisotopic (exact) mass is 235 g/mol. The Kier molecular flexibility index (Phi) is 4.42. The quantitative estimate of drug-likeness (QED) is 0.760. The zero-order chi connectivity index (χ0) is 12.1. The van der Waals surface area contributed by atoms with E-state index in [9.17, 15) is 0 Å². The van der Waals surface area contributed by atoms with Crippen molar-refractivity contribution in [1.82, 2.24) is 10.2 Å². The number of hydrogen-bond donors (Lipinski definition) is 1. The van der Waals surface area contributed by atoms with Gasteiger partial charge in [0.2, 0.25) is 0 Å². The van der Waals surface area contributed by atoms with Crippen LogP contribution in [-0.2, 0) is 0 Å². The normalized spacial score (nSPS) is 34.0. The number of rotatable bonds is 4. The molecular weight excluding hydrogens is 210 g/mol. The topological polar surface area (TPSA) is 39.1 Å². The summed E-state index contributed by atoms with van der Waals surface area (Å²) in [6.45, 7) is 5.99. The largest absolute Gasteiger partial charge is 0.312 e. The zero-order valence-electron chi connectivity index (χ0n) is 11.0. The number of likely N-dealkylation sites (tertiary alicyclic amines) is 1. The van der Waals surface area contributed by atoms with Crippen LogP contribution in [0.4, 0.5) is 0 Å². The second-order valence-electron chi connectivity index (χ2n) is 5.59. The maximum atomic E-state index is 8.57. The van der Waals surface area contributed by atoms with E-state index in [4.69, 9.17) is 5.26 Å². The minimum Gasteiger partial charge on any atom is -0.312 e. The lowest BCUT2D eigenvalue weighted by molar-refractivity contribution is 0.0666. The fraction of sp³-hybridized carbons (Fsp3) is 0.929. The summed E-state index contributed by atoms with van der Waals surface area (Å²) in [6, 6.07) is 2.88. The van der Waals surface area contributed by atoms with Crippen LogP contribution in [0.3, 0.4) is 0 Å². The molecule has 2 aliphatic heterocycles. The van der Waals surface area contributed by atoms with Gasteiger partial charge in [-0.2, -0.15) is 5.26 Å². The average Bonchev–Trinajstić information content (AvgIpc) is 2.73. The van der Waals surface area contributed by atoms with Crippen molar-refractivity contribution in [3.63, 3.8) is 0 Å². The van der Waals surface area contributed by atoms with Crippen LogP contribution in [0.2, 0.25) is 0 Å². The number of piperidine rings is 1. The van der Waals surface area contributed by atoms with Crippen molar-refractivity contribution in [1.29, 1.82) is 5.26 Å². The highest BCUT2D eigenvalue weighted by atomic mass is 15.3. The molecule has 96 valence electrons. The lowest BCUT2D eigenvalue weighted by Gasteiger charge is -2.47. The van der Waals surface area contributed by atoms with E-state index >= 15 is 0 Å². The molecule has 3 nitrogen and oxygen atoms in total. The molecule has 2 atom stereocenters. The standard InChI is InChI=1S/C14H25N3/c1-13-14(7-5-10-16-13)8-6-12-17(14)11-4-2-3-9-15/h13,16H,2-8,10-12H2,1H3. The van der Waals surface area contributed by atoms with Crippen LogP contribution < -0.4 is 5.32 Å². The minimum absolute atomic E-state index is 0.435. The van der Waals surface area contributed by atoms with Crippen molar-refractivity contribution in [3.8, 4) is 6.07 Å². The Morgan fingerprint density at radius 3 is 2.94 bits per heavy atom. The first kappa shape index (κ1) is 12.9. The molecule has 1 spiro atoms. The number of hydrogen-bond acceptors (Lipinski definition) is 3. The molecular formula is C14H25N3. The Balaban J connectivity index is 1.89. The van der Waals surface area contributed by atoms with Crippen LogP contribution in [0.15, 0.2) is 0 Å². The van der Waals surface area contributed by atoms with Gasteiger partial charge in [0, 0.05) is 18.0 Å². The SMILES string of the molecule is CC1NCCCC12CCCN2CCCCC#N. The summed E-state index contributed by atoms with van der Waals surface area (Å²) < 4.78 is 0. The summed E-state index contributed by atoms with van der Waals surface area (Å²) in [7, 11) is 0. The van der Waals surface area contributed by atoms with Gasteiger partial charge in [0.1, 0.15) is 0 Å². The van der Waals surface area contributed by atoms with Gasteiger partial charge in [0.15, 0.2) is 0 Å². The Hall–Kier alpha value is -0.590. The fourth-order valence-electron chi connectivity index (χ4n) is 3.69. The van der Waals surface area contributed by atoms with Gasteiger partial charge in [-0.05, 0) is 65.1 Å². The maximum absolute atomic E-state index is 8.57. The lowest BCUT2D eigenvalue weighted by Crippen LogP contribution is -2.60. The molecule has 2 heterocycles. The van der Waals surface area contributed by atoms with Crippen LogP contribution >= 0.6 is 0 Å². The van der Waals surface area contributed by atoms with E-state index in [1.165, 1.54) is 51.7 Å². The molecule has 2 saturated heterocycles. The minimum atomic E-state index is 0.435. The van der Waals surface area contributed by atoms with Crippen molar-refractivity contribution < 1.29 is 0 Å². The Bertz CT molecular complexity index is 284. The molecule has 3 heteroatoms. The molecule has 17 heavy (non-hydrogen) atoms. The van der Waals surface area contributed by atoms with Crippen molar-refractivity contribution in [3.05, 3.63) is 0 Å². The summed E-state index contributed by atoms with van der Waals surface area (Å²) in [4.78, 5) is 2.71. The molecule has 0 bridgehead atoms. The van der Waals surface area contributed by atoms with Gasteiger partial charge in [-0.15, -0.1) is 0 Å². The average molecular weight is 235 g/mol. The van der Waals surface area contributed by atoms with Crippen molar-refractivity contribution in [2.45, 2.75) is 63.5 Å². The molecule has 0 saturated carbocycles. The molecule has 2 fully saturated rings. The van der Waals surface area contributed by atoms with Gasteiger partial charge >= 0.3 is 0 Å². The Labute approximate surface area is 105 Å². The summed E-state index contributed by atoms with van der Waals surface area (Å²) >= 11 is 0. The number of nitrogens with zero attached hydrogens (tertiary/aromatic N) is 2. The Morgan fingerprint density at radius 1 is 1.35 bits per heavy atom. The molecule has 0 amide bonds. The lowest BCUT2D eigenvalue weighted by atomic mass is 9.81. The first-order valence-electron chi connectivity index (χ1n) is 7.15. The summed E-state index contributed by atoms with van der Waals surface area (Å²) in [5.41, 5.74) is 0.435. The maximum Gasteiger partial charge on any atom is 0.0621 e. The van der Waals surface area contributed by atoms with E-state index in [0.717, 1.165) is 6.42 Å². The molecule has 0 aromatic rings. The van der Waals surface area contributed by atoms with Crippen molar-refractivity contribution in [2.75, 3.05) is 19.6 Å². The highest BCUT2D eigenvalue weighted by Crippen LogP contribution is 2.38. The molecule has 0 aromatic heterocycles. The fourth-order valence-corrected chi connectivity index (χ4v) is 3.69. The molecule has 0 radical (unpaired) electrons.